The first-order valence-corrected chi connectivity index (χ1v) is 13.5. The summed E-state index contributed by atoms with van der Waals surface area (Å²) in [6, 6.07) is 14.1. The number of hydrogen-bond acceptors (Lipinski definition) is 13. The fraction of sp³-hybridized carbons (Fsp3) is 0.219. The molecule has 3 aromatic rings. The highest BCUT2D eigenvalue weighted by atomic mass is 16.7. The number of esters is 2. The Morgan fingerprint density at radius 2 is 1.36 bits per heavy atom. The third kappa shape index (κ3) is 8.38. The first-order valence-electron chi connectivity index (χ1n) is 13.5. The van der Waals surface area contributed by atoms with Crippen LogP contribution >= 0.6 is 0 Å². The first kappa shape index (κ1) is 32.5. The van der Waals surface area contributed by atoms with Gasteiger partial charge in [-0.05, 0) is 59.7 Å². The van der Waals surface area contributed by atoms with Gasteiger partial charge >= 0.3 is 11.9 Å². The minimum atomic E-state index is -1.82. The minimum absolute atomic E-state index is 0.0201. The van der Waals surface area contributed by atoms with Crippen molar-refractivity contribution in [1.82, 2.24) is 0 Å². The van der Waals surface area contributed by atoms with E-state index >= 15 is 0 Å². The molecule has 1 aliphatic rings. The average Bonchev–Trinajstić information content (AvgIpc) is 3.01. The lowest BCUT2D eigenvalue weighted by Gasteiger charge is -2.41. The van der Waals surface area contributed by atoms with Gasteiger partial charge in [0.25, 0.3) is 0 Å². The second kappa shape index (κ2) is 14.4. The number of hydrogen-bond donors (Lipinski definition) is 6. The van der Waals surface area contributed by atoms with E-state index in [1.54, 1.807) is 12.1 Å². The highest BCUT2D eigenvalue weighted by molar-refractivity contribution is 6.09. The van der Waals surface area contributed by atoms with Crippen LogP contribution in [0, 0.1) is 0 Å². The molecule has 3 aromatic carbocycles. The number of ketones is 1. The second-order valence-electron chi connectivity index (χ2n) is 9.87. The van der Waals surface area contributed by atoms with Crippen molar-refractivity contribution in [2.75, 3.05) is 6.61 Å². The maximum absolute atomic E-state index is 12.7. The Kier molecular flexibility index (Phi) is 10.4. The molecule has 0 aromatic heterocycles. The molecule has 0 bridgehead atoms. The molecule has 236 valence electrons. The molecule has 13 nitrogen and oxygen atoms in total. The highest BCUT2D eigenvalue weighted by Gasteiger charge is 2.48. The van der Waals surface area contributed by atoms with E-state index in [0.717, 1.165) is 31.2 Å². The molecule has 1 saturated heterocycles. The average molecular weight is 623 g/mol. The van der Waals surface area contributed by atoms with Crippen LogP contribution in [0.3, 0.4) is 0 Å². The maximum Gasteiger partial charge on any atom is 0.331 e. The molecule has 1 aliphatic heterocycles. The maximum atomic E-state index is 12.7. The monoisotopic (exact) mass is 622 g/mol. The summed E-state index contributed by atoms with van der Waals surface area (Å²) in [5, 5.41) is 61.5. The van der Waals surface area contributed by atoms with E-state index in [1.165, 1.54) is 48.6 Å². The Bertz CT molecular complexity index is 1580. The molecular weight excluding hydrogens is 592 g/mol. The zero-order chi connectivity index (χ0) is 32.7. The van der Waals surface area contributed by atoms with Crippen LogP contribution in [-0.4, -0.2) is 85.7 Å². The van der Waals surface area contributed by atoms with E-state index in [2.05, 4.69) is 0 Å². The highest BCUT2D eigenvalue weighted by Crippen LogP contribution is 2.40. The van der Waals surface area contributed by atoms with Crippen LogP contribution in [0.2, 0.25) is 0 Å². The van der Waals surface area contributed by atoms with Gasteiger partial charge in [0, 0.05) is 13.0 Å². The van der Waals surface area contributed by atoms with Gasteiger partial charge < -0.3 is 49.6 Å². The molecule has 4 rings (SSSR count). The number of rotatable bonds is 10. The van der Waals surface area contributed by atoms with Gasteiger partial charge in [0.15, 0.2) is 23.4 Å². The van der Waals surface area contributed by atoms with E-state index in [1.807, 2.05) is 0 Å². The summed E-state index contributed by atoms with van der Waals surface area (Å²) in [7, 11) is 0. The Hall–Kier alpha value is -5.37. The summed E-state index contributed by atoms with van der Waals surface area (Å²) in [5.41, 5.74) is 0.833. The number of phenolic OH excluding ortho intramolecular Hbond substituents is 4. The fourth-order valence-electron chi connectivity index (χ4n) is 4.21. The fourth-order valence-corrected chi connectivity index (χ4v) is 4.21. The van der Waals surface area contributed by atoms with Crippen molar-refractivity contribution < 1.29 is 64.0 Å². The van der Waals surface area contributed by atoms with E-state index in [4.69, 9.17) is 18.9 Å². The van der Waals surface area contributed by atoms with Gasteiger partial charge in [-0.1, -0.05) is 30.3 Å². The first-order chi connectivity index (χ1) is 21.4. The number of allylic oxidation sites excluding steroid dienone is 1. The van der Waals surface area contributed by atoms with Gasteiger partial charge in [-0.2, -0.15) is 0 Å². The van der Waals surface area contributed by atoms with Gasteiger partial charge in [0.1, 0.15) is 36.4 Å². The van der Waals surface area contributed by atoms with Gasteiger partial charge in [-0.25, -0.2) is 4.79 Å². The number of aromatic hydroxyl groups is 4. The smallest absolute Gasteiger partial charge is 0.331 e. The van der Waals surface area contributed by atoms with Crippen LogP contribution < -0.4 is 4.74 Å². The zero-order valence-electron chi connectivity index (χ0n) is 23.7. The van der Waals surface area contributed by atoms with Crippen LogP contribution in [0.5, 0.6) is 28.7 Å². The molecule has 6 N–H and O–H groups in total. The number of aliphatic hydroxyl groups is 2. The SMILES string of the molecule is CC(=O)OCC1OC(Oc2ccc(C(=O)C=Cc3ccc(O)cc3)c(O)c2O)C(OC(=O)C=Cc2ccc(O)cc2)C(O)C1O. The van der Waals surface area contributed by atoms with Gasteiger partial charge in [0.05, 0.1) is 5.56 Å². The molecule has 0 spiro atoms. The summed E-state index contributed by atoms with van der Waals surface area (Å²) in [6.45, 7) is 0.612. The number of carbonyl (C=O) groups is 3. The predicted octanol–water partition coefficient (Wildman–Crippen LogP) is 2.42. The summed E-state index contributed by atoms with van der Waals surface area (Å²) in [4.78, 5) is 36.7. The number of phenols is 4. The van der Waals surface area contributed by atoms with Crippen molar-refractivity contribution in [1.29, 1.82) is 0 Å². The van der Waals surface area contributed by atoms with Gasteiger partial charge in [-0.15, -0.1) is 0 Å². The Morgan fingerprint density at radius 3 is 1.93 bits per heavy atom. The Balaban J connectivity index is 1.55. The molecule has 0 saturated carbocycles. The lowest BCUT2D eigenvalue weighted by molar-refractivity contribution is -0.282. The predicted molar refractivity (Wildman–Crippen MR) is 156 cm³/mol. The topological polar surface area (TPSA) is 210 Å². The summed E-state index contributed by atoms with van der Waals surface area (Å²) < 4.78 is 21.5. The number of benzene rings is 3. The molecule has 0 radical (unpaired) electrons. The molecule has 5 unspecified atom stereocenters. The van der Waals surface area contributed by atoms with E-state index in [0.29, 0.717) is 11.1 Å². The molecule has 13 heteroatoms. The van der Waals surface area contributed by atoms with Crippen LogP contribution in [-0.2, 0) is 23.8 Å². The Morgan fingerprint density at radius 1 is 0.778 bits per heavy atom. The van der Waals surface area contributed by atoms with Gasteiger partial charge in [0.2, 0.25) is 12.0 Å². The number of aliphatic hydroxyl groups excluding tert-OH is 2. The van der Waals surface area contributed by atoms with E-state index in [9.17, 15) is 45.0 Å². The van der Waals surface area contributed by atoms with Crippen LogP contribution in [0.1, 0.15) is 28.4 Å². The lowest BCUT2D eigenvalue weighted by atomic mass is 9.99. The van der Waals surface area contributed by atoms with Crippen molar-refractivity contribution in [2.45, 2.75) is 37.6 Å². The molecular formula is C32H30O13. The zero-order valence-corrected chi connectivity index (χ0v) is 23.7. The normalized spacial score (nSPS) is 21.4. The Labute approximate surface area is 256 Å². The van der Waals surface area contributed by atoms with Gasteiger partial charge in [-0.3, -0.25) is 9.59 Å². The van der Waals surface area contributed by atoms with Crippen LogP contribution in [0.25, 0.3) is 12.2 Å². The second-order valence-corrected chi connectivity index (χ2v) is 9.87. The van der Waals surface area contributed by atoms with Crippen molar-refractivity contribution in [3.8, 4) is 28.7 Å². The summed E-state index contributed by atoms with van der Waals surface area (Å²) in [5.74, 6) is -4.46. The largest absolute Gasteiger partial charge is 0.508 e. The molecule has 5 atom stereocenters. The summed E-state index contributed by atoms with van der Waals surface area (Å²) in [6.07, 6.45) is -3.32. The molecule has 1 fully saturated rings. The van der Waals surface area contributed by atoms with Crippen molar-refractivity contribution >= 4 is 29.9 Å². The number of ether oxygens (including phenoxy) is 4. The van der Waals surface area contributed by atoms with E-state index < -0.39 is 72.3 Å². The van der Waals surface area contributed by atoms with Crippen molar-refractivity contribution in [2.24, 2.45) is 0 Å². The number of carbonyl (C=O) groups excluding carboxylic acids is 3. The molecule has 0 amide bonds. The third-order valence-corrected chi connectivity index (χ3v) is 6.60. The van der Waals surface area contributed by atoms with Crippen LogP contribution in [0.15, 0.2) is 72.8 Å². The van der Waals surface area contributed by atoms with Crippen molar-refractivity contribution in [3.63, 3.8) is 0 Å². The molecule has 45 heavy (non-hydrogen) atoms. The lowest BCUT2D eigenvalue weighted by Crippen LogP contribution is -2.61. The van der Waals surface area contributed by atoms with Crippen molar-refractivity contribution in [3.05, 3.63) is 89.5 Å². The summed E-state index contributed by atoms with van der Waals surface area (Å²) >= 11 is 0. The minimum Gasteiger partial charge on any atom is -0.508 e. The standard InChI is InChI=1S/C32H30O13/c1-17(33)42-16-25-29(40)30(41)31(45-26(37)15-7-19-4-10-21(35)11-5-19)32(44-25)43-24-14-12-22(27(38)28(24)39)23(36)13-6-18-2-8-20(34)9-3-18/h2-15,25,29-32,34-35,38-41H,16H2,1H3. The van der Waals surface area contributed by atoms with Crippen LogP contribution in [0.4, 0.5) is 0 Å². The van der Waals surface area contributed by atoms with E-state index in [-0.39, 0.29) is 17.1 Å². The third-order valence-electron chi connectivity index (χ3n) is 6.60. The quantitative estimate of drug-likeness (QED) is 0.0832. The molecule has 1 heterocycles. The molecule has 0 aliphatic carbocycles.